The van der Waals surface area contributed by atoms with Gasteiger partial charge in [-0.1, -0.05) is 0 Å². The SMILES string of the molecule is CN(C)NC(=O)C1=C(O)CC2CC3Cc4cc(F)cc(O)c4C(=O)C3=C(O)C2(O)C1=O. The number of allylic oxidation sites excluding steroid dienone is 2. The number of aliphatic hydroxyl groups excluding tert-OH is 2. The average molecular weight is 432 g/mol. The second kappa shape index (κ2) is 6.89. The van der Waals surface area contributed by atoms with Crippen molar-refractivity contribution in [2.75, 3.05) is 14.1 Å². The van der Waals surface area contributed by atoms with Crippen LogP contribution in [0.4, 0.5) is 4.39 Å². The molecule has 0 saturated heterocycles. The summed E-state index contributed by atoms with van der Waals surface area (Å²) < 4.78 is 13.7. The first-order chi connectivity index (χ1) is 14.5. The lowest BCUT2D eigenvalue weighted by molar-refractivity contribution is -0.145. The summed E-state index contributed by atoms with van der Waals surface area (Å²) >= 11 is 0. The van der Waals surface area contributed by atoms with Gasteiger partial charge >= 0.3 is 0 Å². The van der Waals surface area contributed by atoms with Crippen LogP contribution in [0.1, 0.15) is 28.8 Å². The Hall–Kier alpha value is -3.24. The minimum Gasteiger partial charge on any atom is -0.511 e. The van der Waals surface area contributed by atoms with Crippen LogP contribution in [-0.2, 0) is 16.0 Å². The van der Waals surface area contributed by atoms with Crippen LogP contribution in [0.25, 0.3) is 0 Å². The first-order valence-electron chi connectivity index (χ1n) is 9.64. The number of aromatic hydroxyl groups is 1. The van der Waals surface area contributed by atoms with Gasteiger partial charge < -0.3 is 20.4 Å². The van der Waals surface area contributed by atoms with Crippen LogP contribution >= 0.6 is 0 Å². The van der Waals surface area contributed by atoms with Crippen molar-refractivity contribution in [1.82, 2.24) is 10.4 Å². The van der Waals surface area contributed by atoms with Gasteiger partial charge in [0.15, 0.2) is 11.4 Å². The third kappa shape index (κ3) is 2.94. The molecule has 0 saturated carbocycles. The molecule has 3 aliphatic carbocycles. The molecule has 1 aromatic carbocycles. The molecular weight excluding hydrogens is 411 g/mol. The highest BCUT2D eigenvalue weighted by Crippen LogP contribution is 2.51. The van der Waals surface area contributed by atoms with E-state index in [1.807, 2.05) is 0 Å². The highest BCUT2D eigenvalue weighted by Gasteiger charge is 2.59. The van der Waals surface area contributed by atoms with Gasteiger partial charge in [0.05, 0.1) is 5.56 Å². The summed E-state index contributed by atoms with van der Waals surface area (Å²) in [5.74, 6) is -7.42. The Morgan fingerprint density at radius 2 is 1.87 bits per heavy atom. The van der Waals surface area contributed by atoms with Crippen LogP contribution in [0, 0.1) is 17.7 Å². The predicted molar refractivity (Wildman–Crippen MR) is 103 cm³/mol. The standard InChI is InChI=1S/C21H21FN2O7/c1-24(2)23-20(30)16-12(25)6-10-4-8-3-9-5-11(22)7-13(26)14(9)17(27)15(8)18(28)21(10,31)19(16)29/h5,7-8,10,25-26,28,31H,3-4,6H2,1-2H3,(H,23,30). The summed E-state index contributed by atoms with van der Waals surface area (Å²) in [5.41, 5.74) is -1.19. The van der Waals surface area contributed by atoms with Crippen LogP contribution in [-0.4, -0.2) is 62.6 Å². The topological polar surface area (TPSA) is 147 Å². The van der Waals surface area contributed by atoms with Crippen molar-refractivity contribution < 1.29 is 39.2 Å². The van der Waals surface area contributed by atoms with Crippen LogP contribution < -0.4 is 5.43 Å². The fourth-order valence-corrected chi connectivity index (χ4v) is 4.85. The number of rotatable bonds is 2. The fraction of sp³-hybridized carbons (Fsp3) is 0.381. The van der Waals surface area contributed by atoms with E-state index in [1.54, 1.807) is 0 Å². The van der Waals surface area contributed by atoms with Gasteiger partial charge in [0.25, 0.3) is 5.91 Å². The van der Waals surface area contributed by atoms with Crippen LogP contribution in [0.2, 0.25) is 0 Å². The average Bonchev–Trinajstić information content (AvgIpc) is 2.63. The van der Waals surface area contributed by atoms with E-state index in [1.165, 1.54) is 19.1 Å². The van der Waals surface area contributed by atoms with Crippen molar-refractivity contribution in [3.05, 3.63) is 51.7 Å². The van der Waals surface area contributed by atoms with E-state index in [0.29, 0.717) is 0 Å². The molecule has 3 aliphatic rings. The van der Waals surface area contributed by atoms with Gasteiger partial charge in [0.1, 0.15) is 28.7 Å². The van der Waals surface area contributed by atoms with Crippen molar-refractivity contribution >= 4 is 17.5 Å². The summed E-state index contributed by atoms with van der Waals surface area (Å²) in [6, 6.07) is 1.89. The monoisotopic (exact) mass is 432 g/mol. The number of hydrogen-bond donors (Lipinski definition) is 5. The number of fused-ring (bicyclic) bond motifs is 3. The van der Waals surface area contributed by atoms with E-state index in [4.69, 9.17) is 0 Å². The number of aliphatic hydroxyl groups is 3. The molecule has 0 aromatic heterocycles. The van der Waals surface area contributed by atoms with E-state index in [9.17, 15) is 39.2 Å². The van der Waals surface area contributed by atoms with E-state index in [-0.39, 0.29) is 36.0 Å². The number of benzene rings is 1. The molecule has 0 aliphatic heterocycles. The Morgan fingerprint density at radius 1 is 1.19 bits per heavy atom. The molecule has 10 heteroatoms. The van der Waals surface area contributed by atoms with Gasteiger partial charge in [-0.3, -0.25) is 19.8 Å². The van der Waals surface area contributed by atoms with E-state index >= 15 is 0 Å². The lowest BCUT2D eigenvalue weighted by Crippen LogP contribution is -2.57. The summed E-state index contributed by atoms with van der Waals surface area (Å²) in [4.78, 5) is 38.6. The molecule has 31 heavy (non-hydrogen) atoms. The lowest BCUT2D eigenvalue weighted by atomic mass is 9.60. The Bertz CT molecular complexity index is 1110. The number of amides is 1. The Balaban J connectivity index is 1.83. The fourth-order valence-electron chi connectivity index (χ4n) is 4.85. The van der Waals surface area contributed by atoms with Crippen molar-refractivity contribution in [1.29, 1.82) is 0 Å². The molecule has 9 nitrogen and oxygen atoms in total. The van der Waals surface area contributed by atoms with Gasteiger partial charge in [0, 0.05) is 38.1 Å². The molecule has 3 atom stereocenters. The number of phenolic OH excluding ortho intramolecular Hbond substituents is 1. The van der Waals surface area contributed by atoms with Gasteiger partial charge in [0.2, 0.25) is 5.78 Å². The molecule has 1 aromatic rings. The molecule has 164 valence electrons. The van der Waals surface area contributed by atoms with Gasteiger partial charge in [-0.2, -0.15) is 0 Å². The molecule has 5 N–H and O–H groups in total. The number of carbonyl (C=O) groups excluding carboxylic acids is 3. The molecule has 0 heterocycles. The minimum atomic E-state index is -2.58. The zero-order valence-corrected chi connectivity index (χ0v) is 16.8. The maximum atomic E-state index is 13.7. The zero-order valence-electron chi connectivity index (χ0n) is 16.8. The second-order valence-electron chi connectivity index (χ2n) is 8.34. The number of hydrogen-bond acceptors (Lipinski definition) is 8. The van der Waals surface area contributed by atoms with Crippen LogP contribution in [0.5, 0.6) is 5.75 Å². The van der Waals surface area contributed by atoms with E-state index in [2.05, 4.69) is 5.43 Å². The Morgan fingerprint density at radius 3 is 2.52 bits per heavy atom. The van der Waals surface area contributed by atoms with Crippen LogP contribution in [0.3, 0.4) is 0 Å². The third-order valence-corrected chi connectivity index (χ3v) is 6.14. The highest BCUT2D eigenvalue weighted by molar-refractivity contribution is 6.24. The maximum absolute atomic E-state index is 13.7. The quantitative estimate of drug-likeness (QED) is 0.341. The normalized spacial score (nSPS) is 27.8. The molecule has 0 bridgehead atoms. The molecule has 1 amide bonds. The lowest BCUT2D eigenvalue weighted by Gasteiger charge is -2.45. The van der Waals surface area contributed by atoms with Crippen molar-refractivity contribution in [2.24, 2.45) is 11.8 Å². The number of halogens is 1. The summed E-state index contributed by atoms with van der Waals surface area (Å²) in [6.07, 6.45) is -0.163. The molecule has 0 fully saturated rings. The van der Waals surface area contributed by atoms with Gasteiger partial charge in [-0.15, -0.1) is 0 Å². The molecule has 3 unspecified atom stereocenters. The highest BCUT2D eigenvalue weighted by atomic mass is 19.1. The number of carbonyl (C=O) groups is 3. The number of phenols is 1. The first-order valence-corrected chi connectivity index (χ1v) is 9.64. The molecular formula is C21H21FN2O7. The number of ketones is 2. The molecule has 0 radical (unpaired) electrons. The summed E-state index contributed by atoms with van der Waals surface area (Å²) in [6.45, 7) is 0. The van der Waals surface area contributed by atoms with Gasteiger partial charge in [-0.05, 0) is 30.4 Å². The van der Waals surface area contributed by atoms with Crippen molar-refractivity contribution in [3.8, 4) is 5.75 Å². The first kappa shape index (κ1) is 21.0. The Labute approximate surface area is 176 Å². The number of Topliss-reactive ketones (excluding diaryl/α,β-unsaturated/α-hetero) is 2. The number of nitrogens with zero attached hydrogens (tertiary/aromatic N) is 1. The van der Waals surface area contributed by atoms with Crippen molar-refractivity contribution in [2.45, 2.75) is 24.9 Å². The Kier molecular flexibility index (Phi) is 4.67. The number of nitrogens with one attached hydrogen (secondary N) is 1. The summed E-state index contributed by atoms with van der Waals surface area (Å²) in [5, 5.41) is 43.8. The maximum Gasteiger partial charge on any atom is 0.272 e. The number of hydrazine groups is 1. The molecule has 4 rings (SSSR count). The van der Waals surface area contributed by atoms with E-state index < -0.39 is 63.6 Å². The predicted octanol–water partition coefficient (Wildman–Crippen LogP) is 0.827. The second-order valence-corrected chi connectivity index (χ2v) is 8.34. The summed E-state index contributed by atoms with van der Waals surface area (Å²) in [7, 11) is 2.97. The smallest absolute Gasteiger partial charge is 0.272 e. The largest absolute Gasteiger partial charge is 0.511 e. The zero-order chi connectivity index (χ0) is 22.8. The van der Waals surface area contributed by atoms with E-state index in [0.717, 1.165) is 12.1 Å². The third-order valence-electron chi connectivity index (χ3n) is 6.14. The minimum absolute atomic E-state index is 0.0245. The van der Waals surface area contributed by atoms with Gasteiger partial charge in [-0.25, -0.2) is 9.40 Å². The molecule has 0 spiro atoms. The van der Waals surface area contributed by atoms with Crippen molar-refractivity contribution in [3.63, 3.8) is 0 Å². The van der Waals surface area contributed by atoms with Crippen LogP contribution in [0.15, 0.2) is 34.8 Å².